The molecular formula is C14H19NO. The highest BCUT2D eigenvalue weighted by Crippen LogP contribution is 2.32. The van der Waals surface area contributed by atoms with Gasteiger partial charge in [0.1, 0.15) is 0 Å². The zero-order chi connectivity index (χ0) is 11.0. The van der Waals surface area contributed by atoms with Gasteiger partial charge >= 0.3 is 0 Å². The number of aliphatic hydroxyl groups excluding tert-OH is 1. The first kappa shape index (κ1) is 10.3. The van der Waals surface area contributed by atoms with Crippen LogP contribution < -0.4 is 5.32 Å². The van der Waals surface area contributed by atoms with Crippen LogP contribution in [-0.4, -0.2) is 17.2 Å². The lowest BCUT2D eigenvalue weighted by molar-refractivity contribution is 0.135. The van der Waals surface area contributed by atoms with E-state index in [1.165, 1.54) is 31.2 Å². The zero-order valence-corrected chi connectivity index (χ0v) is 9.52. The van der Waals surface area contributed by atoms with E-state index in [-0.39, 0.29) is 12.1 Å². The molecule has 0 aromatic heterocycles. The van der Waals surface area contributed by atoms with E-state index in [2.05, 4.69) is 23.5 Å². The molecule has 2 aliphatic carbocycles. The van der Waals surface area contributed by atoms with E-state index in [0.717, 1.165) is 12.0 Å². The predicted octanol–water partition coefficient (Wildman–Crippen LogP) is 2.18. The van der Waals surface area contributed by atoms with Gasteiger partial charge in [-0.05, 0) is 30.4 Å². The Morgan fingerprint density at radius 2 is 1.88 bits per heavy atom. The van der Waals surface area contributed by atoms with E-state index in [1.54, 1.807) is 0 Å². The fourth-order valence-electron chi connectivity index (χ4n) is 3.12. The molecule has 1 saturated carbocycles. The molecule has 86 valence electrons. The van der Waals surface area contributed by atoms with Crippen molar-refractivity contribution in [1.29, 1.82) is 0 Å². The smallest absolute Gasteiger partial charge is 0.0948 e. The maximum atomic E-state index is 10.2. The lowest BCUT2D eigenvalue weighted by atomic mass is 10.1. The maximum absolute atomic E-state index is 10.2. The van der Waals surface area contributed by atoms with E-state index in [1.807, 2.05) is 6.07 Å². The van der Waals surface area contributed by atoms with Crippen molar-refractivity contribution >= 4 is 0 Å². The van der Waals surface area contributed by atoms with Crippen LogP contribution in [0.25, 0.3) is 0 Å². The van der Waals surface area contributed by atoms with E-state index in [0.29, 0.717) is 6.04 Å². The highest BCUT2D eigenvalue weighted by molar-refractivity contribution is 5.35. The summed E-state index contributed by atoms with van der Waals surface area (Å²) in [5.74, 6) is 0. The average molecular weight is 217 g/mol. The van der Waals surface area contributed by atoms with Gasteiger partial charge in [0.25, 0.3) is 0 Å². The highest BCUT2D eigenvalue weighted by atomic mass is 16.3. The lowest BCUT2D eigenvalue weighted by Crippen LogP contribution is -2.39. The van der Waals surface area contributed by atoms with Gasteiger partial charge in [-0.1, -0.05) is 37.1 Å². The summed E-state index contributed by atoms with van der Waals surface area (Å²) in [6.45, 7) is 0. The highest BCUT2D eigenvalue weighted by Gasteiger charge is 2.32. The molecule has 0 heterocycles. The van der Waals surface area contributed by atoms with Crippen LogP contribution in [-0.2, 0) is 6.42 Å². The lowest BCUT2D eigenvalue weighted by Gasteiger charge is -2.21. The molecule has 0 saturated heterocycles. The Balaban J connectivity index is 1.71. The number of hydrogen-bond donors (Lipinski definition) is 2. The molecule has 0 bridgehead atoms. The summed E-state index contributed by atoms with van der Waals surface area (Å²) in [5, 5.41) is 13.9. The molecule has 2 aliphatic rings. The number of hydrogen-bond acceptors (Lipinski definition) is 2. The van der Waals surface area contributed by atoms with Gasteiger partial charge in [-0.3, -0.25) is 0 Å². The second-order valence-corrected chi connectivity index (χ2v) is 5.10. The first-order valence-corrected chi connectivity index (χ1v) is 6.36. The number of aliphatic hydroxyl groups is 1. The minimum absolute atomic E-state index is 0.237. The first-order valence-electron chi connectivity index (χ1n) is 6.36. The molecule has 2 N–H and O–H groups in total. The van der Waals surface area contributed by atoms with Gasteiger partial charge in [0.15, 0.2) is 0 Å². The summed E-state index contributed by atoms with van der Waals surface area (Å²) in [7, 11) is 0. The molecule has 0 amide bonds. The minimum atomic E-state index is -0.309. The number of rotatable bonds is 2. The summed E-state index contributed by atoms with van der Waals surface area (Å²) in [6, 6.07) is 9.13. The van der Waals surface area contributed by atoms with Crippen LogP contribution >= 0.6 is 0 Å². The Hall–Kier alpha value is -0.860. The Morgan fingerprint density at radius 1 is 1.12 bits per heavy atom. The summed E-state index contributed by atoms with van der Waals surface area (Å²) in [4.78, 5) is 0. The summed E-state index contributed by atoms with van der Waals surface area (Å²) >= 11 is 0. The number of nitrogens with one attached hydrogen (secondary N) is 1. The summed E-state index contributed by atoms with van der Waals surface area (Å²) in [6.07, 6.45) is 5.91. The quantitative estimate of drug-likeness (QED) is 0.795. The topological polar surface area (TPSA) is 32.3 Å². The van der Waals surface area contributed by atoms with Crippen molar-refractivity contribution in [2.75, 3.05) is 0 Å². The molecule has 0 radical (unpaired) electrons. The third-order valence-corrected chi connectivity index (χ3v) is 4.00. The summed E-state index contributed by atoms with van der Waals surface area (Å²) in [5.41, 5.74) is 2.43. The van der Waals surface area contributed by atoms with Crippen molar-refractivity contribution in [3.05, 3.63) is 35.4 Å². The number of benzene rings is 1. The van der Waals surface area contributed by atoms with Gasteiger partial charge in [-0.25, -0.2) is 0 Å². The van der Waals surface area contributed by atoms with E-state index < -0.39 is 0 Å². The van der Waals surface area contributed by atoms with Crippen LogP contribution in [0, 0.1) is 0 Å². The molecule has 3 rings (SSSR count). The second-order valence-electron chi connectivity index (χ2n) is 5.10. The standard InChI is InChI=1S/C14H19NO/c16-14-12-8-4-1-5-10(12)9-13(14)15-11-6-2-3-7-11/h1,4-5,8,11,13-16H,2-3,6-7,9H2/t13-,14-/m1/s1. The van der Waals surface area contributed by atoms with Gasteiger partial charge in [0.2, 0.25) is 0 Å². The third-order valence-electron chi connectivity index (χ3n) is 4.00. The molecule has 1 aromatic carbocycles. The van der Waals surface area contributed by atoms with Crippen molar-refractivity contribution in [2.45, 2.75) is 50.3 Å². The van der Waals surface area contributed by atoms with Crippen molar-refractivity contribution in [3.63, 3.8) is 0 Å². The van der Waals surface area contributed by atoms with Crippen LogP contribution in [0.1, 0.15) is 42.9 Å². The van der Waals surface area contributed by atoms with Crippen LogP contribution in [0.5, 0.6) is 0 Å². The van der Waals surface area contributed by atoms with E-state index in [9.17, 15) is 5.11 Å². The molecule has 1 aromatic rings. The number of fused-ring (bicyclic) bond motifs is 1. The molecule has 0 spiro atoms. The molecule has 2 atom stereocenters. The van der Waals surface area contributed by atoms with Crippen LogP contribution in [0.3, 0.4) is 0 Å². The van der Waals surface area contributed by atoms with Gasteiger partial charge < -0.3 is 10.4 Å². The SMILES string of the molecule is O[C@@H]1c2ccccc2C[C@H]1NC1CCCC1. The molecule has 0 unspecified atom stereocenters. The second kappa shape index (κ2) is 4.19. The van der Waals surface area contributed by atoms with Crippen LogP contribution in [0.15, 0.2) is 24.3 Å². The Morgan fingerprint density at radius 3 is 2.62 bits per heavy atom. The monoisotopic (exact) mass is 217 g/mol. The molecule has 16 heavy (non-hydrogen) atoms. The van der Waals surface area contributed by atoms with Gasteiger partial charge in [-0.15, -0.1) is 0 Å². The maximum Gasteiger partial charge on any atom is 0.0948 e. The molecule has 2 nitrogen and oxygen atoms in total. The largest absolute Gasteiger partial charge is 0.387 e. The van der Waals surface area contributed by atoms with Crippen molar-refractivity contribution < 1.29 is 5.11 Å². The normalized spacial score (nSPS) is 29.6. The predicted molar refractivity (Wildman–Crippen MR) is 64.3 cm³/mol. The Bertz CT molecular complexity index is 371. The average Bonchev–Trinajstić information content (AvgIpc) is 2.90. The van der Waals surface area contributed by atoms with Crippen LogP contribution in [0.2, 0.25) is 0 Å². The fraction of sp³-hybridized carbons (Fsp3) is 0.571. The van der Waals surface area contributed by atoms with Gasteiger partial charge in [0, 0.05) is 12.1 Å². The Labute approximate surface area is 96.7 Å². The Kier molecular flexibility index (Phi) is 2.70. The van der Waals surface area contributed by atoms with Crippen LogP contribution in [0.4, 0.5) is 0 Å². The zero-order valence-electron chi connectivity index (χ0n) is 9.52. The molecule has 0 aliphatic heterocycles. The first-order chi connectivity index (χ1) is 7.84. The van der Waals surface area contributed by atoms with E-state index >= 15 is 0 Å². The molecule has 1 fully saturated rings. The fourth-order valence-corrected chi connectivity index (χ4v) is 3.12. The summed E-state index contributed by atoms with van der Waals surface area (Å²) < 4.78 is 0. The van der Waals surface area contributed by atoms with E-state index in [4.69, 9.17) is 0 Å². The third kappa shape index (κ3) is 1.76. The molecule has 2 heteroatoms. The van der Waals surface area contributed by atoms with Gasteiger partial charge in [-0.2, -0.15) is 0 Å². The van der Waals surface area contributed by atoms with Crippen molar-refractivity contribution in [2.24, 2.45) is 0 Å². The van der Waals surface area contributed by atoms with Crippen molar-refractivity contribution in [3.8, 4) is 0 Å². The minimum Gasteiger partial charge on any atom is -0.387 e. The van der Waals surface area contributed by atoms with Gasteiger partial charge in [0.05, 0.1) is 6.10 Å². The molecular weight excluding hydrogens is 198 g/mol. The van der Waals surface area contributed by atoms with Crippen molar-refractivity contribution in [1.82, 2.24) is 5.32 Å².